The first-order valence-electron chi connectivity index (χ1n) is 10.9. The molecule has 0 radical (unpaired) electrons. The monoisotopic (exact) mass is 494 g/mol. The van der Waals surface area contributed by atoms with E-state index < -0.39 is 28.4 Å². The zero-order valence-electron chi connectivity index (χ0n) is 19.6. The smallest absolute Gasteiger partial charge is 0.338 e. The Balaban J connectivity index is 1.60. The molecule has 0 bridgehead atoms. The van der Waals surface area contributed by atoms with Crippen LogP contribution in [-0.4, -0.2) is 39.7 Å². The summed E-state index contributed by atoms with van der Waals surface area (Å²) in [6, 6.07) is 18.7. The van der Waals surface area contributed by atoms with Gasteiger partial charge in [0.25, 0.3) is 10.0 Å². The van der Waals surface area contributed by atoms with Gasteiger partial charge >= 0.3 is 5.97 Å². The van der Waals surface area contributed by atoms with Gasteiger partial charge in [0.1, 0.15) is 0 Å². The molecule has 0 saturated heterocycles. The molecular formula is C26H26N2O6S. The largest absolute Gasteiger partial charge is 0.454 e. The molecule has 1 amide bonds. The van der Waals surface area contributed by atoms with Crippen LogP contribution in [0.5, 0.6) is 0 Å². The van der Waals surface area contributed by atoms with Crippen molar-refractivity contribution in [3.8, 4) is 0 Å². The number of ether oxygens (including phenoxy) is 1. The second-order valence-corrected chi connectivity index (χ2v) is 9.78. The van der Waals surface area contributed by atoms with E-state index in [9.17, 15) is 22.8 Å². The number of esters is 1. The van der Waals surface area contributed by atoms with Gasteiger partial charge in [-0.2, -0.15) is 0 Å². The van der Waals surface area contributed by atoms with Crippen LogP contribution in [0.25, 0.3) is 0 Å². The van der Waals surface area contributed by atoms with Gasteiger partial charge in [0.05, 0.1) is 16.1 Å². The van der Waals surface area contributed by atoms with Crippen LogP contribution < -0.4 is 9.62 Å². The fraction of sp³-hybridized carbons (Fsp3) is 0.192. The summed E-state index contributed by atoms with van der Waals surface area (Å²) in [4.78, 5) is 36.3. The van der Waals surface area contributed by atoms with E-state index in [0.717, 1.165) is 9.87 Å². The molecule has 0 heterocycles. The van der Waals surface area contributed by atoms with Crippen molar-refractivity contribution in [3.05, 3.63) is 89.5 Å². The van der Waals surface area contributed by atoms with E-state index in [1.54, 1.807) is 55.5 Å². The molecule has 3 aromatic carbocycles. The van der Waals surface area contributed by atoms with Crippen LogP contribution in [0.15, 0.2) is 77.7 Å². The van der Waals surface area contributed by atoms with Gasteiger partial charge in [0, 0.05) is 24.7 Å². The van der Waals surface area contributed by atoms with E-state index in [0.29, 0.717) is 23.4 Å². The Kier molecular flexibility index (Phi) is 8.03. The summed E-state index contributed by atoms with van der Waals surface area (Å²) >= 11 is 0. The number of benzene rings is 3. The third-order valence-corrected chi connectivity index (χ3v) is 7.09. The van der Waals surface area contributed by atoms with Crippen molar-refractivity contribution in [2.24, 2.45) is 0 Å². The van der Waals surface area contributed by atoms with Gasteiger partial charge in [0.15, 0.2) is 12.4 Å². The Morgan fingerprint density at radius 3 is 2.00 bits per heavy atom. The summed E-state index contributed by atoms with van der Waals surface area (Å²) in [5, 5.41) is 2.69. The van der Waals surface area contributed by atoms with E-state index in [1.807, 2.05) is 6.92 Å². The number of carbonyl (C=O) groups excluding carboxylic acids is 3. The van der Waals surface area contributed by atoms with Crippen LogP contribution in [0.1, 0.15) is 39.6 Å². The number of aryl methyl sites for hydroxylation is 1. The second-order valence-electron chi connectivity index (χ2n) is 7.81. The fourth-order valence-electron chi connectivity index (χ4n) is 3.10. The van der Waals surface area contributed by atoms with E-state index >= 15 is 0 Å². The van der Waals surface area contributed by atoms with Crippen molar-refractivity contribution in [1.29, 1.82) is 0 Å². The highest BCUT2D eigenvalue weighted by Crippen LogP contribution is 2.23. The lowest BCUT2D eigenvalue weighted by Crippen LogP contribution is -2.26. The van der Waals surface area contributed by atoms with Crippen molar-refractivity contribution in [3.63, 3.8) is 0 Å². The maximum atomic E-state index is 12.8. The number of sulfonamides is 1. The molecular weight excluding hydrogens is 468 g/mol. The number of Topliss-reactive ketones (excluding diaryl/α,β-unsaturated/α-hetero) is 1. The first kappa shape index (κ1) is 25.6. The number of hydrogen-bond acceptors (Lipinski definition) is 6. The molecule has 35 heavy (non-hydrogen) atoms. The van der Waals surface area contributed by atoms with Crippen molar-refractivity contribution in [2.45, 2.75) is 25.2 Å². The summed E-state index contributed by atoms with van der Waals surface area (Å²) < 4.78 is 31.9. The number of ketones is 1. The Morgan fingerprint density at radius 1 is 0.857 bits per heavy atom. The minimum absolute atomic E-state index is 0.136. The second kappa shape index (κ2) is 11.0. The van der Waals surface area contributed by atoms with Gasteiger partial charge in [-0.05, 0) is 67.6 Å². The summed E-state index contributed by atoms with van der Waals surface area (Å²) in [5.74, 6) is -1.24. The minimum atomic E-state index is -3.76. The molecule has 0 aromatic heterocycles. The molecule has 3 aromatic rings. The van der Waals surface area contributed by atoms with E-state index in [-0.39, 0.29) is 16.4 Å². The lowest BCUT2D eigenvalue weighted by molar-refractivity contribution is -0.115. The molecule has 0 unspecified atom stereocenters. The van der Waals surface area contributed by atoms with E-state index in [2.05, 4.69) is 5.32 Å². The quantitative estimate of drug-likeness (QED) is 0.353. The number of carbonyl (C=O) groups is 3. The molecule has 0 aliphatic rings. The molecule has 0 fully saturated rings. The predicted molar refractivity (Wildman–Crippen MR) is 133 cm³/mol. The number of amides is 1. The zero-order valence-corrected chi connectivity index (χ0v) is 20.5. The molecule has 0 saturated carbocycles. The molecule has 182 valence electrons. The van der Waals surface area contributed by atoms with Crippen LogP contribution in [0.4, 0.5) is 11.4 Å². The number of nitrogens with one attached hydrogen (secondary N) is 1. The average Bonchev–Trinajstić information content (AvgIpc) is 2.87. The maximum absolute atomic E-state index is 12.8. The topological polar surface area (TPSA) is 110 Å². The van der Waals surface area contributed by atoms with Crippen molar-refractivity contribution in [1.82, 2.24) is 0 Å². The highest BCUT2D eigenvalue weighted by molar-refractivity contribution is 7.92. The Morgan fingerprint density at radius 2 is 1.43 bits per heavy atom. The number of rotatable bonds is 9. The van der Waals surface area contributed by atoms with Gasteiger partial charge in [0.2, 0.25) is 5.91 Å². The normalized spacial score (nSPS) is 10.9. The molecule has 0 aliphatic carbocycles. The first-order valence-corrected chi connectivity index (χ1v) is 12.3. The maximum Gasteiger partial charge on any atom is 0.338 e. The summed E-state index contributed by atoms with van der Waals surface area (Å²) in [6.07, 6.45) is 0.344. The van der Waals surface area contributed by atoms with Gasteiger partial charge < -0.3 is 10.1 Å². The molecule has 0 spiro atoms. The number of nitrogens with zero attached hydrogens (tertiary/aromatic N) is 1. The van der Waals surface area contributed by atoms with Crippen LogP contribution in [0.3, 0.4) is 0 Å². The lowest BCUT2D eigenvalue weighted by atomic mass is 10.1. The highest BCUT2D eigenvalue weighted by Gasteiger charge is 2.21. The van der Waals surface area contributed by atoms with Crippen molar-refractivity contribution < 1.29 is 27.5 Å². The van der Waals surface area contributed by atoms with Gasteiger partial charge in [-0.25, -0.2) is 13.2 Å². The van der Waals surface area contributed by atoms with Gasteiger partial charge in [-0.15, -0.1) is 0 Å². The van der Waals surface area contributed by atoms with E-state index in [1.165, 1.54) is 31.3 Å². The van der Waals surface area contributed by atoms with Crippen LogP contribution in [0.2, 0.25) is 0 Å². The van der Waals surface area contributed by atoms with Crippen LogP contribution in [-0.2, 0) is 19.6 Å². The molecule has 9 heteroatoms. The molecule has 0 atom stereocenters. The fourth-order valence-corrected chi connectivity index (χ4v) is 4.30. The van der Waals surface area contributed by atoms with Crippen LogP contribution in [0, 0.1) is 6.92 Å². The van der Waals surface area contributed by atoms with Crippen molar-refractivity contribution in [2.75, 3.05) is 23.3 Å². The van der Waals surface area contributed by atoms with Crippen molar-refractivity contribution >= 4 is 39.1 Å². The molecule has 1 N–H and O–H groups in total. The van der Waals surface area contributed by atoms with Crippen LogP contribution >= 0.6 is 0 Å². The highest BCUT2D eigenvalue weighted by atomic mass is 32.2. The predicted octanol–water partition coefficient (Wildman–Crippen LogP) is 4.21. The SMILES string of the molecule is CCC(=O)Nc1ccc(C(=O)COC(=O)c2ccc(N(C)S(=O)(=O)c3ccc(C)cc3)cc2)cc1. The average molecular weight is 495 g/mol. The van der Waals surface area contributed by atoms with Gasteiger partial charge in [-0.3, -0.25) is 13.9 Å². The minimum Gasteiger partial charge on any atom is -0.454 e. The standard InChI is InChI=1S/C26H26N2O6S/c1-4-25(30)27-21-11-7-19(8-12-21)24(29)17-34-26(31)20-9-13-22(14-10-20)28(3)35(32,33)23-15-5-18(2)6-16-23/h5-16H,4,17H2,1-3H3,(H,27,30). The van der Waals surface area contributed by atoms with Gasteiger partial charge in [-0.1, -0.05) is 24.6 Å². The molecule has 8 nitrogen and oxygen atoms in total. The summed E-state index contributed by atoms with van der Waals surface area (Å²) in [7, 11) is -2.33. The summed E-state index contributed by atoms with van der Waals surface area (Å²) in [6.45, 7) is 3.15. The molecule has 0 aliphatic heterocycles. The molecule has 3 rings (SSSR count). The zero-order chi connectivity index (χ0) is 25.6. The Bertz CT molecular complexity index is 1320. The number of anilines is 2. The number of hydrogen-bond donors (Lipinski definition) is 1. The third-order valence-electron chi connectivity index (χ3n) is 5.29. The Hall–Kier alpha value is -3.98. The third kappa shape index (κ3) is 6.33. The van der Waals surface area contributed by atoms with E-state index in [4.69, 9.17) is 4.74 Å². The lowest BCUT2D eigenvalue weighted by Gasteiger charge is -2.19. The first-order chi connectivity index (χ1) is 16.6. The Labute approximate surface area is 204 Å². The summed E-state index contributed by atoms with van der Waals surface area (Å²) in [5.41, 5.74) is 2.41.